The fourth-order valence-corrected chi connectivity index (χ4v) is 4.41. The van der Waals surface area contributed by atoms with Crippen LogP contribution < -0.4 is 10.1 Å². The molecule has 1 aromatic heterocycles. The van der Waals surface area contributed by atoms with E-state index in [9.17, 15) is 4.79 Å². The Balaban J connectivity index is 1.66. The first-order valence-electron chi connectivity index (χ1n) is 10.4. The highest BCUT2D eigenvalue weighted by Crippen LogP contribution is 2.32. The van der Waals surface area contributed by atoms with Gasteiger partial charge in [-0.25, -0.2) is 0 Å². The molecule has 1 atom stereocenters. The van der Waals surface area contributed by atoms with Gasteiger partial charge in [0.2, 0.25) is 5.91 Å². The lowest BCUT2D eigenvalue weighted by Crippen LogP contribution is -2.32. The first-order valence-corrected chi connectivity index (χ1v) is 11.3. The Morgan fingerprint density at radius 3 is 2.93 bits per heavy atom. The predicted molar refractivity (Wildman–Crippen MR) is 122 cm³/mol. The normalized spacial score (nSPS) is 14.7. The van der Waals surface area contributed by atoms with E-state index in [1.54, 1.807) is 13.2 Å². The maximum atomic E-state index is 12.6. The SMILES string of the molecule is C=CCn1c(S[C@@H](C)C(=O)NCCC2=CCCCC2)nnc1-c1ccccc1OC. The van der Waals surface area contributed by atoms with Gasteiger partial charge < -0.3 is 10.1 Å². The van der Waals surface area contributed by atoms with Crippen molar-refractivity contribution in [2.75, 3.05) is 13.7 Å². The maximum Gasteiger partial charge on any atom is 0.233 e. The molecule has 1 heterocycles. The van der Waals surface area contributed by atoms with Crippen LogP contribution in [-0.2, 0) is 11.3 Å². The number of carbonyl (C=O) groups is 1. The van der Waals surface area contributed by atoms with Crippen LogP contribution in [0.15, 0.2) is 53.7 Å². The Morgan fingerprint density at radius 2 is 2.20 bits per heavy atom. The average Bonchev–Trinajstić information content (AvgIpc) is 3.16. The lowest BCUT2D eigenvalue weighted by molar-refractivity contribution is -0.120. The van der Waals surface area contributed by atoms with Crippen LogP contribution in [0.5, 0.6) is 5.75 Å². The molecule has 0 aliphatic heterocycles. The number of amides is 1. The molecule has 0 unspecified atom stereocenters. The first kappa shape index (κ1) is 22.2. The van der Waals surface area contributed by atoms with Crippen molar-refractivity contribution < 1.29 is 9.53 Å². The standard InChI is InChI=1S/C23H30N4O2S/c1-4-16-27-21(19-12-8-9-13-20(19)29-3)25-26-23(27)30-17(2)22(28)24-15-14-18-10-6-5-7-11-18/h4,8-10,12-13,17H,1,5-7,11,14-16H2,2-3H3,(H,24,28)/t17-/m0/s1. The summed E-state index contributed by atoms with van der Waals surface area (Å²) in [7, 11) is 1.64. The molecule has 7 heteroatoms. The number of carbonyl (C=O) groups excluding carboxylic acids is 1. The average molecular weight is 427 g/mol. The molecule has 0 radical (unpaired) electrons. The van der Waals surface area contributed by atoms with Crippen molar-refractivity contribution >= 4 is 17.7 Å². The van der Waals surface area contributed by atoms with Gasteiger partial charge in [-0.2, -0.15) is 0 Å². The molecule has 0 bridgehead atoms. The molecule has 0 saturated heterocycles. The third kappa shape index (κ3) is 5.53. The Kier molecular flexibility index (Phi) is 8.13. The summed E-state index contributed by atoms with van der Waals surface area (Å²) in [5.74, 6) is 1.45. The monoisotopic (exact) mass is 426 g/mol. The van der Waals surface area contributed by atoms with Gasteiger partial charge in [0.25, 0.3) is 0 Å². The van der Waals surface area contributed by atoms with Gasteiger partial charge in [-0.15, -0.1) is 16.8 Å². The zero-order chi connectivity index (χ0) is 21.3. The van der Waals surface area contributed by atoms with Gasteiger partial charge >= 0.3 is 0 Å². The molecule has 30 heavy (non-hydrogen) atoms. The minimum atomic E-state index is -0.274. The molecule has 1 aliphatic carbocycles. The van der Waals surface area contributed by atoms with E-state index >= 15 is 0 Å². The molecule has 1 amide bonds. The number of para-hydroxylation sites is 1. The molecule has 3 rings (SSSR count). The van der Waals surface area contributed by atoms with E-state index in [4.69, 9.17) is 4.74 Å². The number of thioether (sulfide) groups is 1. The number of rotatable bonds is 10. The molecular formula is C23H30N4O2S. The molecule has 1 aromatic carbocycles. The van der Waals surface area contributed by atoms with E-state index in [1.165, 1.54) is 36.6 Å². The third-order valence-corrected chi connectivity index (χ3v) is 6.24. The molecule has 1 aliphatic rings. The second-order valence-electron chi connectivity index (χ2n) is 7.32. The van der Waals surface area contributed by atoms with E-state index in [0.29, 0.717) is 24.1 Å². The maximum absolute atomic E-state index is 12.6. The molecule has 0 spiro atoms. The van der Waals surface area contributed by atoms with Crippen molar-refractivity contribution in [2.24, 2.45) is 0 Å². The lowest BCUT2D eigenvalue weighted by atomic mass is 9.97. The van der Waals surface area contributed by atoms with E-state index < -0.39 is 0 Å². The van der Waals surface area contributed by atoms with Gasteiger partial charge in [-0.1, -0.05) is 41.6 Å². The Hall–Kier alpha value is -2.54. The van der Waals surface area contributed by atoms with Crippen LogP contribution in [0, 0.1) is 0 Å². The van der Waals surface area contributed by atoms with Gasteiger partial charge in [0, 0.05) is 13.1 Å². The van der Waals surface area contributed by atoms with Crippen LogP contribution in [0.2, 0.25) is 0 Å². The number of hydrogen-bond acceptors (Lipinski definition) is 5. The topological polar surface area (TPSA) is 69.0 Å². The summed E-state index contributed by atoms with van der Waals surface area (Å²) >= 11 is 1.41. The molecular weight excluding hydrogens is 396 g/mol. The van der Waals surface area contributed by atoms with Crippen LogP contribution in [0.4, 0.5) is 0 Å². The summed E-state index contributed by atoms with van der Waals surface area (Å²) in [4.78, 5) is 12.6. The largest absolute Gasteiger partial charge is 0.496 e. The molecule has 2 aromatic rings. The number of nitrogens with zero attached hydrogens (tertiary/aromatic N) is 3. The van der Waals surface area contributed by atoms with Crippen LogP contribution in [0.3, 0.4) is 0 Å². The minimum absolute atomic E-state index is 0.0170. The highest BCUT2D eigenvalue weighted by Gasteiger charge is 2.21. The summed E-state index contributed by atoms with van der Waals surface area (Å²) in [6.45, 7) is 6.98. The van der Waals surface area contributed by atoms with E-state index in [2.05, 4.69) is 28.2 Å². The van der Waals surface area contributed by atoms with Gasteiger partial charge in [0.1, 0.15) is 5.75 Å². The number of allylic oxidation sites excluding steroid dienone is 2. The van der Waals surface area contributed by atoms with Gasteiger partial charge in [-0.3, -0.25) is 9.36 Å². The minimum Gasteiger partial charge on any atom is -0.496 e. The number of methoxy groups -OCH3 is 1. The van der Waals surface area contributed by atoms with Gasteiger partial charge in [0.05, 0.1) is 17.9 Å². The van der Waals surface area contributed by atoms with Crippen molar-refractivity contribution in [1.29, 1.82) is 0 Å². The highest BCUT2D eigenvalue weighted by atomic mass is 32.2. The number of aromatic nitrogens is 3. The second-order valence-corrected chi connectivity index (χ2v) is 8.62. The van der Waals surface area contributed by atoms with Crippen molar-refractivity contribution in [3.05, 3.63) is 48.6 Å². The summed E-state index contributed by atoms with van der Waals surface area (Å²) in [5.41, 5.74) is 2.33. The summed E-state index contributed by atoms with van der Waals surface area (Å²) in [5, 5.41) is 12.2. The van der Waals surface area contributed by atoms with Crippen LogP contribution in [0.25, 0.3) is 11.4 Å². The molecule has 160 valence electrons. The Bertz CT molecular complexity index is 906. The zero-order valence-electron chi connectivity index (χ0n) is 17.8. The van der Waals surface area contributed by atoms with Crippen molar-refractivity contribution in [1.82, 2.24) is 20.1 Å². The first-order chi connectivity index (χ1) is 14.6. The van der Waals surface area contributed by atoms with Crippen LogP contribution in [-0.4, -0.2) is 39.6 Å². The Morgan fingerprint density at radius 1 is 1.37 bits per heavy atom. The van der Waals surface area contributed by atoms with E-state index in [0.717, 1.165) is 24.2 Å². The molecule has 0 saturated carbocycles. The van der Waals surface area contributed by atoms with Gasteiger partial charge in [-0.05, 0) is 51.2 Å². The third-order valence-electron chi connectivity index (χ3n) is 5.16. The van der Waals surface area contributed by atoms with Gasteiger partial charge in [0.15, 0.2) is 11.0 Å². The highest BCUT2D eigenvalue weighted by molar-refractivity contribution is 8.00. The summed E-state index contributed by atoms with van der Waals surface area (Å²) in [6.07, 6.45) is 9.94. The van der Waals surface area contributed by atoms with E-state index in [1.807, 2.05) is 35.8 Å². The van der Waals surface area contributed by atoms with E-state index in [-0.39, 0.29) is 11.2 Å². The molecule has 0 fully saturated rings. The summed E-state index contributed by atoms with van der Waals surface area (Å²) < 4.78 is 7.44. The van der Waals surface area contributed by atoms with Crippen LogP contribution in [0.1, 0.15) is 39.0 Å². The second kappa shape index (κ2) is 11.0. The Labute approximate surface area is 182 Å². The summed E-state index contributed by atoms with van der Waals surface area (Å²) in [6, 6.07) is 7.71. The quantitative estimate of drug-likeness (QED) is 0.443. The number of nitrogens with one attached hydrogen (secondary N) is 1. The van der Waals surface area contributed by atoms with Crippen molar-refractivity contribution in [3.63, 3.8) is 0 Å². The zero-order valence-corrected chi connectivity index (χ0v) is 18.6. The fraction of sp³-hybridized carbons (Fsp3) is 0.435. The smallest absolute Gasteiger partial charge is 0.233 e. The molecule has 6 nitrogen and oxygen atoms in total. The van der Waals surface area contributed by atoms with Crippen molar-refractivity contribution in [3.8, 4) is 17.1 Å². The fourth-order valence-electron chi connectivity index (χ4n) is 3.53. The predicted octanol–water partition coefficient (Wildman–Crippen LogP) is 4.63. The lowest BCUT2D eigenvalue weighted by Gasteiger charge is -2.15. The molecule has 1 N–H and O–H groups in total. The number of ether oxygens (including phenoxy) is 1. The van der Waals surface area contributed by atoms with Crippen molar-refractivity contribution in [2.45, 2.75) is 56.0 Å². The number of hydrogen-bond donors (Lipinski definition) is 1. The van der Waals surface area contributed by atoms with Crippen LogP contribution >= 0.6 is 11.8 Å². The number of benzene rings is 1.